The zero-order chi connectivity index (χ0) is 16.7. The van der Waals surface area contributed by atoms with Gasteiger partial charge in [0, 0.05) is 5.56 Å². The summed E-state index contributed by atoms with van der Waals surface area (Å²) in [4.78, 5) is 5.09. The fourth-order valence-electron chi connectivity index (χ4n) is 1.75. The van der Waals surface area contributed by atoms with Crippen molar-refractivity contribution >= 4 is 6.21 Å². The summed E-state index contributed by atoms with van der Waals surface area (Å²) >= 11 is 0. The molecular weight excluding hydrogens is 311 g/mol. The molecule has 0 aliphatic rings. The topological polar surface area (TPSA) is 40.0 Å². The molecule has 0 atom stereocenters. The number of halogens is 3. The Balaban J connectivity index is 1.95. The van der Waals surface area contributed by atoms with Gasteiger partial charge in [-0.3, -0.25) is 0 Å². The van der Waals surface area contributed by atoms with Crippen LogP contribution in [0.4, 0.5) is 13.2 Å². The summed E-state index contributed by atoms with van der Waals surface area (Å²) in [5.41, 5.74) is 1.35. The highest BCUT2D eigenvalue weighted by molar-refractivity contribution is 5.80. The van der Waals surface area contributed by atoms with Gasteiger partial charge in [0.05, 0.1) is 13.3 Å². The zero-order valence-electron chi connectivity index (χ0n) is 12.2. The van der Waals surface area contributed by atoms with Crippen LogP contribution in [0.15, 0.2) is 47.6 Å². The molecule has 0 saturated carbocycles. The third-order valence-corrected chi connectivity index (χ3v) is 2.82. The first kappa shape index (κ1) is 16.7. The zero-order valence-corrected chi connectivity index (χ0v) is 12.2. The molecule has 0 spiro atoms. The van der Waals surface area contributed by atoms with Gasteiger partial charge in [0.2, 0.25) is 0 Å². The first-order valence-corrected chi connectivity index (χ1v) is 6.61. The van der Waals surface area contributed by atoms with E-state index in [9.17, 15) is 13.2 Å². The van der Waals surface area contributed by atoms with Crippen LogP contribution in [0, 0.1) is 5.82 Å². The molecule has 2 rings (SSSR count). The first-order valence-electron chi connectivity index (χ1n) is 6.61. The molecule has 0 saturated heterocycles. The standard InChI is InChI=1S/C16H14F3NO3/c1-21-15-8-12(4-7-14(15)23-16(18)19)9-20-22-10-11-2-5-13(17)6-3-11/h2-9,16H,10H2,1H3. The Labute approximate surface area is 131 Å². The smallest absolute Gasteiger partial charge is 0.387 e. The molecule has 7 heteroatoms. The largest absolute Gasteiger partial charge is 0.493 e. The Kier molecular flexibility index (Phi) is 5.85. The number of oxime groups is 1. The molecule has 0 radical (unpaired) electrons. The van der Waals surface area contributed by atoms with Gasteiger partial charge < -0.3 is 14.3 Å². The molecule has 0 heterocycles. The van der Waals surface area contributed by atoms with E-state index in [1.54, 1.807) is 12.1 Å². The summed E-state index contributed by atoms with van der Waals surface area (Å²) in [6, 6.07) is 10.2. The van der Waals surface area contributed by atoms with Gasteiger partial charge >= 0.3 is 6.61 Å². The highest BCUT2D eigenvalue weighted by atomic mass is 19.3. The van der Waals surface area contributed by atoms with E-state index in [0.717, 1.165) is 5.56 Å². The van der Waals surface area contributed by atoms with Gasteiger partial charge in [-0.15, -0.1) is 0 Å². The number of hydrogen-bond acceptors (Lipinski definition) is 4. The van der Waals surface area contributed by atoms with Crippen molar-refractivity contribution in [1.29, 1.82) is 0 Å². The fraction of sp³-hybridized carbons (Fsp3) is 0.188. The van der Waals surface area contributed by atoms with E-state index in [1.807, 2.05) is 0 Å². The van der Waals surface area contributed by atoms with Gasteiger partial charge in [0.1, 0.15) is 12.4 Å². The van der Waals surface area contributed by atoms with Crippen LogP contribution in [0.3, 0.4) is 0 Å². The fourth-order valence-corrected chi connectivity index (χ4v) is 1.75. The Hall–Kier alpha value is -2.70. The van der Waals surface area contributed by atoms with Gasteiger partial charge in [0.25, 0.3) is 0 Å². The van der Waals surface area contributed by atoms with Crippen LogP contribution >= 0.6 is 0 Å². The van der Waals surface area contributed by atoms with E-state index >= 15 is 0 Å². The minimum atomic E-state index is -2.93. The van der Waals surface area contributed by atoms with Crippen molar-refractivity contribution in [2.24, 2.45) is 5.16 Å². The predicted octanol–water partition coefficient (Wildman–Crippen LogP) is 3.99. The van der Waals surface area contributed by atoms with Crippen molar-refractivity contribution in [2.75, 3.05) is 7.11 Å². The Morgan fingerprint density at radius 3 is 2.48 bits per heavy atom. The molecule has 0 aliphatic heterocycles. The van der Waals surface area contributed by atoms with Crippen LogP contribution in [-0.2, 0) is 11.4 Å². The van der Waals surface area contributed by atoms with Crippen molar-refractivity contribution in [3.05, 3.63) is 59.4 Å². The summed E-state index contributed by atoms with van der Waals surface area (Å²) in [5.74, 6) is -0.227. The summed E-state index contributed by atoms with van der Waals surface area (Å²) in [6.45, 7) is -2.75. The van der Waals surface area contributed by atoms with Gasteiger partial charge in [0.15, 0.2) is 11.5 Å². The number of ether oxygens (including phenoxy) is 2. The van der Waals surface area contributed by atoms with Crippen molar-refractivity contribution in [3.8, 4) is 11.5 Å². The minimum Gasteiger partial charge on any atom is -0.493 e. The van der Waals surface area contributed by atoms with Crippen LogP contribution < -0.4 is 9.47 Å². The van der Waals surface area contributed by atoms with E-state index in [4.69, 9.17) is 9.57 Å². The maximum atomic E-state index is 12.7. The summed E-state index contributed by atoms with van der Waals surface area (Å²) in [5, 5.41) is 3.76. The summed E-state index contributed by atoms with van der Waals surface area (Å²) in [6.07, 6.45) is 1.40. The Bertz CT molecular complexity index is 660. The van der Waals surface area contributed by atoms with E-state index in [2.05, 4.69) is 9.89 Å². The maximum Gasteiger partial charge on any atom is 0.387 e. The molecule has 0 bridgehead atoms. The van der Waals surface area contributed by atoms with Crippen molar-refractivity contribution < 1.29 is 27.5 Å². The van der Waals surface area contributed by atoms with E-state index in [1.165, 1.54) is 43.7 Å². The molecule has 23 heavy (non-hydrogen) atoms. The average molecular weight is 325 g/mol. The molecule has 0 N–H and O–H groups in total. The average Bonchev–Trinajstić information content (AvgIpc) is 2.54. The van der Waals surface area contributed by atoms with Crippen LogP contribution in [0.25, 0.3) is 0 Å². The Morgan fingerprint density at radius 2 is 1.83 bits per heavy atom. The van der Waals surface area contributed by atoms with Gasteiger partial charge in [-0.2, -0.15) is 8.78 Å². The highest BCUT2D eigenvalue weighted by Crippen LogP contribution is 2.28. The monoisotopic (exact) mass is 325 g/mol. The number of alkyl halides is 2. The molecule has 2 aromatic carbocycles. The number of benzene rings is 2. The number of nitrogens with zero attached hydrogens (tertiary/aromatic N) is 1. The minimum absolute atomic E-state index is 0.0631. The van der Waals surface area contributed by atoms with Crippen molar-refractivity contribution in [2.45, 2.75) is 13.2 Å². The molecule has 2 aromatic rings. The van der Waals surface area contributed by atoms with E-state index in [0.29, 0.717) is 5.56 Å². The second-order valence-corrected chi connectivity index (χ2v) is 4.42. The van der Waals surface area contributed by atoms with E-state index in [-0.39, 0.29) is 23.9 Å². The maximum absolute atomic E-state index is 12.7. The molecular formula is C16H14F3NO3. The molecule has 122 valence electrons. The lowest BCUT2D eigenvalue weighted by Crippen LogP contribution is -2.03. The van der Waals surface area contributed by atoms with Gasteiger partial charge in [-0.25, -0.2) is 4.39 Å². The number of hydrogen-bond donors (Lipinski definition) is 0. The summed E-state index contributed by atoms with van der Waals surface area (Å²) in [7, 11) is 1.35. The second-order valence-electron chi connectivity index (χ2n) is 4.42. The molecule has 0 unspecified atom stereocenters. The highest BCUT2D eigenvalue weighted by Gasteiger charge is 2.10. The first-order chi connectivity index (χ1) is 11.1. The van der Waals surface area contributed by atoms with Crippen molar-refractivity contribution in [1.82, 2.24) is 0 Å². The Morgan fingerprint density at radius 1 is 1.09 bits per heavy atom. The second kappa shape index (κ2) is 8.07. The van der Waals surface area contributed by atoms with Crippen LogP contribution in [0.5, 0.6) is 11.5 Å². The quantitative estimate of drug-likeness (QED) is 0.571. The lowest BCUT2D eigenvalue weighted by Gasteiger charge is -2.09. The number of rotatable bonds is 7. The third-order valence-electron chi connectivity index (χ3n) is 2.82. The lowest BCUT2D eigenvalue weighted by molar-refractivity contribution is -0.0512. The van der Waals surface area contributed by atoms with Crippen LogP contribution in [-0.4, -0.2) is 19.9 Å². The van der Waals surface area contributed by atoms with Crippen LogP contribution in [0.1, 0.15) is 11.1 Å². The normalized spacial score (nSPS) is 11.0. The SMILES string of the molecule is COc1cc(C=NOCc2ccc(F)cc2)ccc1OC(F)F. The summed E-state index contributed by atoms with van der Waals surface area (Å²) < 4.78 is 46.5. The molecule has 0 aromatic heterocycles. The predicted molar refractivity (Wildman–Crippen MR) is 78.4 cm³/mol. The van der Waals surface area contributed by atoms with E-state index < -0.39 is 6.61 Å². The van der Waals surface area contributed by atoms with Crippen LogP contribution in [0.2, 0.25) is 0 Å². The molecule has 4 nitrogen and oxygen atoms in total. The molecule has 0 aliphatic carbocycles. The van der Waals surface area contributed by atoms with Crippen molar-refractivity contribution in [3.63, 3.8) is 0 Å². The lowest BCUT2D eigenvalue weighted by atomic mass is 10.2. The molecule has 0 amide bonds. The number of methoxy groups -OCH3 is 1. The third kappa shape index (κ3) is 5.21. The molecule has 0 fully saturated rings. The van der Waals surface area contributed by atoms with Gasteiger partial charge in [-0.1, -0.05) is 17.3 Å². The van der Waals surface area contributed by atoms with Gasteiger partial charge in [-0.05, 0) is 35.9 Å².